The highest BCUT2D eigenvalue weighted by atomic mass is 16.6. The van der Waals surface area contributed by atoms with E-state index in [9.17, 15) is 33.9 Å². The number of fused-ring (bicyclic) bond motifs is 4. The molecule has 0 radical (unpaired) electrons. The molecule has 0 aliphatic carbocycles. The zero-order valence-corrected chi connectivity index (χ0v) is 50.5. The summed E-state index contributed by atoms with van der Waals surface area (Å²) in [6.45, 7) is 23.2. The number of aromatic carboxylic acids is 1. The molecule has 0 atom stereocenters. The van der Waals surface area contributed by atoms with E-state index in [-0.39, 0.29) is 46.9 Å². The summed E-state index contributed by atoms with van der Waals surface area (Å²) in [5, 5.41) is 14.0. The van der Waals surface area contributed by atoms with E-state index in [1.54, 1.807) is 58.6 Å². The molecule has 0 bridgehead atoms. The Morgan fingerprint density at radius 3 is 1.32 bits per heavy atom. The smallest absolute Gasteiger partial charge is 0.410 e. The van der Waals surface area contributed by atoms with Crippen molar-refractivity contribution >= 4 is 45.9 Å². The molecule has 2 aromatic heterocycles. The maximum absolute atomic E-state index is 13.4. The number of rotatable bonds is 14. The zero-order valence-electron chi connectivity index (χ0n) is 50.5. The van der Waals surface area contributed by atoms with Gasteiger partial charge in [-0.25, -0.2) is 14.4 Å². The van der Waals surface area contributed by atoms with Crippen molar-refractivity contribution in [2.45, 2.75) is 131 Å². The van der Waals surface area contributed by atoms with Gasteiger partial charge in [-0.3, -0.25) is 14.4 Å². The highest BCUT2D eigenvalue weighted by molar-refractivity contribution is 5.98. The number of carbonyl (C=O) groups excluding carboxylic acids is 3. The Labute approximate surface area is 496 Å². The standard InChI is InChI=1S/C33H42N4O6.C32H39N3O7/c1-22-18-30(38)36(27-20-24(31(39)34-5)7-8-26(22)27)15-14-35-12-10-25(11-13-35)37(32(40)43-33(2,3)4)21-23-6-9-28-29(19-23)42-17-16-41-28;1-21-17-29(36)34(26-19-23(30(37)38)6-7-25(21)26)14-13-33-11-9-24(10-12-33)35(31(39)42-32(2,3)4)20-22-5-8-27-28(18-22)41-16-15-40-27/h6-9,18-20,25H,10-17,21H2,1-5H3,(H,34,39);5-8,17-19,24H,9-16,20H2,1-4H3,(H,37,38). The summed E-state index contributed by atoms with van der Waals surface area (Å²) in [5.41, 5.74) is 4.23. The van der Waals surface area contributed by atoms with Gasteiger partial charge in [0.25, 0.3) is 17.0 Å². The monoisotopic (exact) mass is 1170 g/mol. The first kappa shape index (κ1) is 61.5. The van der Waals surface area contributed by atoms with Crippen molar-refractivity contribution in [1.29, 1.82) is 0 Å². The first-order valence-corrected chi connectivity index (χ1v) is 29.5. The van der Waals surface area contributed by atoms with Gasteiger partial charge in [0.15, 0.2) is 23.0 Å². The summed E-state index contributed by atoms with van der Waals surface area (Å²) in [4.78, 5) is 84.8. The third kappa shape index (κ3) is 15.4. The molecular weight excluding hydrogens is 1090 g/mol. The molecule has 6 aromatic rings. The Morgan fingerprint density at radius 2 is 0.929 bits per heavy atom. The van der Waals surface area contributed by atoms with Gasteiger partial charge in [0, 0.05) is 113 Å². The number of aryl methyl sites for hydroxylation is 2. The van der Waals surface area contributed by atoms with E-state index in [1.807, 2.05) is 108 Å². The quantitative estimate of drug-likeness (QED) is 0.104. The number of piperidine rings is 2. The maximum atomic E-state index is 13.4. The van der Waals surface area contributed by atoms with Crippen molar-refractivity contribution in [3.8, 4) is 23.0 Å². The Balaban J connectivity index is 0.000000204. The average molecular weight is 1170 g/mol. The Hall–Kier alpha value is -8.10. The Bertz CT molecular complexity index is 3550. The van der Waals surface area contributed by atoms with Crippen molar-refractivity contribution in [2.24, 2.45) is 0 Å². The molecule has 20 nitrogen and oxygen atoms in total. The van der Waals surface area contributed by atoms with Gasteiger partial charge in [0.2, 0.25) is 0 Å². The number of benzene rings is 4. The molecule has 3 amide bonds. The van der Waals surface area contributed by atoms with E-state index in [4.69, 9.17) is 28.4 Å². The van der Waals surface area contributed by atoms with Crippen molar-refractivity contribution in [3.05, 3.63) is 139 Å². The van der Waals surface area contributed by atoms with Gasteiger partial charge in [-0.2, -0.15) is 0 Å². The van der Waals surface area contributed by atoms with Crippen molar-refractivity contribution < 1.29 is 52.7 Å². The minimum Gasteiger partial charge on any atom is -0.486 e. The second-order valence-corrected chi connectivity index (χ2v) is 24.3. The first-order valence-electron chi connectivity index (χ1n) is 29.5. The number of carboxylic acid groups (broad SMARTS) is 1. The van der Waals surface area contributed by atoms with Gasteiger partial charge in [0.1, 0.15) is 37.6 Å². The first-order chi connectivity index (χ1) is 40.5. The van der Waals surface area contributed by atoms with Crippen LogP contribution in [0.1, 0.15) is 110 Å². The van der Waals surface area contributed by atoms with Crippen molar-refractivity contribution in [1.82, 2.24) is 34.1 Å². The second-order valence-electron chi connectivity index (χ2n) is 24.3. The van der Waals surface area contributed by atoms with Gasteiger partial charge in [-0.05, 0) is 152 Å². The number of nitrogens with one attached hydrogen (secondary N) is 1. The summed E-state index contributed by atoms with van der Waals surface area (Å²) in [7, 11) is 1.60. The fourth-order valence-corrected chi connectivity index (χ4v) is 11.5. The number of aromatic nitrogens is 2. The largest absolute Gasteiger partial charge is 0.486 e. The van der Waals surface area contributed by atoms with Crippen molar-refractivity contribution in [3.63, 3.8) is 0 Å². The number of amides is 3. The lowest BCUT2D eigenvalue weighted by molar-refractivity contribution is 0.00468. The number of pyridine rings is 2. The van der Waals surface area contributed by atoms with Gasteiger partial charge in [-0.1, -0.05) is 24.3 Å². The van der Waals surface area contributed by atoms with Crippen LogP contribution in [0.4, 0.5) is 9.59 Å². The van der Waals surface area contributed by atoms with E-state index >= 15 is 0 Å². The molecule has 10 rings (SSSR count). The van der Waals surface area contributed by atoms with E-state index in [0.717, 1.165) is 96.2 Å². The number of hydrogen-bond acceptors (Lipinski definition) is 14. The number of likely N-dealkylation sites (tertiary alicyclic amines) is 2. The summed E-state index contributed by atoms with van der Waals surface area (Å²) >= 11 is 0. The molecule has 4 aliphatic heterocycles. The van der Waals surface area contributed by atoms with Gasteiger partial charge in [0.05, 0.1) is 16.6 Å². The van der Waals surface area contributed by atoms with E-state index in [1.165, 1.54) is 0 Å². The summed E-state index contributed by atoms with van der Waals surface area (Å²) in [6.07, 6.45) is 2.42. The molecule has 4 aromatic carbocycles. The van der Waals surface area contributed by atoms with Crippen LogP contribution in [0, 0.1) is 13.8 Å². The topological polar surface area (TPSA) is 213 Å². The number of hydrogen-bond donors (Lipinski definition) is 2. The lowest BCUT2D eigenvalue weighted by Crippen LogP contribution is -2.49. The van der Waals surface area contributed by atoms with Gasteiger partial charge < -0.3 is 67.6 Å². The summed E-state index contributed by atoms with van der Waals surface area (Å²) in [6, 6.07) is 25.3. The van der Waals surface area contributed by atoms with Crippen LogP contribution in [0.3, 0.4) is 0 Å². The summed E-state index contributed by atoms with van der Waals surface area (Å²) < 4.78 is 37.9. The van der Waals surface area contributed by atoms with Crippen LogP contribution in [0.15, 0.2) is 94.5 Å². The zero-order chi connectivity index (χ0) is 60.7. The molecule has 0 saturated carbocycles. The van der Waals surface area contributed by atoms with E-state index in [2.05, 4.69) is 15.1 Å². The van der Waals surface area contributed by atoms with Crippen LogP contribution in [-0.2, 0) is 35.7 Å². The van der Waals surface area contributed by atoms with Crippen LogP contribution in [-0.4, -0.2) is 154 Å². The highest BCUT2D eigenvalue weighted by Gasteiger charge is 2.34. The van der Waals surface area contributed by atoms with Gasteiger partial charge in [-0.15, -0.1) is 0 Å². The Morgan fingerprint density at radius 1 is 0.541 bits per heavy atom. The molecule has 0 unspecified atom stereocenters. The predicted octanol–water partition coefficient (Wildman–Crippen LogP) is 9.02. The minimum atomic E-state index is -1.02. The van der Waals surface area contributed by atoms with Crippen LogP contribution < -0.4 is 35.4 Å². The Kier molecular flexibility index (Phi) is 19.1. The highest BCUT2D eigenvalue weighted by Crippen LogP contribution is 2.34. The molecule has 2 fully saturated rings. The lowest BCUT2D eigenvalue weighted by atomic mass is 10.0. The van der Waals surface area contributed by atoms with Crippen LogP contribution >= 0.6 is 0 Å². The molecule has 6 heterocycles. The predicted molar refractivity (Wildman–Crippen MR) is 324 cm³/mol. The lowest BCUT2D eigenvalue weighted by Gasteiger charge is -2.39. The molecule has 20 heteroatoms. The minimum absolute atomic E-state index is 0.00893. The number of nitrogens with zero attached hydrogens (tertiary/aromatic N) is 6. The second kappa shape index (κ2) is 26.4. The molecule has 454 valence electrons. The number of ether oxygens (including phenoxy) is 6. The van der Waals surface area contributed by atoms with Crippen LogP contribution in [0.25, 0.3) is 21.8 Å². The fourth-order valence-electron chi connectivity index (χ4n) is 11.5. The average Bonchev–Trinajstić information content (AvgIpc) is 2.19. The molecule has 0 spiro atoms. The third-order valence-corrected chi connectivity index (χ3v) is 15.8. The third-order valence-electron chi connectivity index (χ3n) is 15.8. The van der Waals surface area contributed by atoms with Crippen LogP contribution in [0.2, 0.25) is 0 Å². The molecule has 2 N–H and O–H groups in total. The number of carboxylic acids is 1. The van der Waals surface area contributed by atoms with Crippen molar-refractivity contribution in [2.75, 3.05) is 72.7 Å². The fraction of sp³-hybridized carbons (Fsp3) is 0.477. The summed E-state index contributed by atoms with van der Waals surface area (Å²) in [5.74, 6) is 1.61. The normalized spacial score (nSPS) is 15.8. The molecule has 85 heavy (non-hydrogen) atoms. The van der Waals surface area contributed by atoms with Gasteiger partial charge >= 0.3 is 18.2 Å². The number of carbonyl (C=O) groups is 4. The van der Waals surface area contributed by atoms with E-state index < -0.39 is 17.2 Å². The molecular formula is C65H81N7O13. The van der Waals surface area contributed by atoms with Crippen LogP contribution in [0.5, 0.6) is 23.0 Å². The SMILES string of the molecule is CNC(=O)c1ccc2c(C)cc(=O)n(CCN3CCC(N(Cc4ccc5c(c4)OCCO5)C(=O)OC(C)(C)C)CC3)c2c1.Cc1cc(=O)n(CCN2CCC(N(Cc3ccc4c(c3)OCCO4)C(=O)OC(C)(C)C)CC2)c2cc(C(=O)O)ccc12. The van der Waals surface area contributed by atoms with E-state index in [0.29, 0.717) is 94.0 Å². The molecule has 2 saturated heterocycles. The maximum Gasteiger partial charge on any atom is 0.410 e. The molecule has 4 aliphatic rings.